The van der Waals surface area contributed by atoms with Crippen LogP contribution in [0.1, 0.15) is 25.8 Å². The second-order valence-electron chi connectivity index (χ2n) is 11.8. The zero-order valence-electron chi connectivity index (χ0n) is 24.8. The number of thioether (sulfide) groups is 1. The first-order chi connectivity index (χ1) is 21.8. The van der Waals surface area contributed by atoms with Gasteiger partial charge in [0.15, 0.2) is 0 Å². The lowest BCUT2D eigenvalue weighted by molar-refractivity contribution is -0.137. The van der Waals surface area contributed by atoms with E-state index in [9.17, 15) is 14.0 Å². The highest BCUT2D eigenvalue weighted by molar-refractivity contribution is 7.99. The Hall–Kier alpha value is -3.71. The molecule has 3 aliphatic heterocycles. The first-order valence-electron chi connectivity index (χ1n) is 14.6. The molecule has 14 heteroatoms. The third-order valence-electron chi connectivity index (χ3n) is 8.80. The van der Waals surface area contributed by atoms with Crippen molar-refractivity contribution in [3.05, 3.63) is 75.8 Å². The van der Waals surface area contributed by atoms with Crippen LogP contribution >= 0.6 is 23.4 Å². The number of piperazine rings is 1. The minimum absolute atomic E-state index is 0.0321. The van der Waals surface area contributed by atoms with Gasteiger partial charge >= 0.3 is 11.9 Å². The largest absolute Gasteiger partial charge is 0.417 e. The lowest BCUT2D eigenvalue weighted by Crippen LogP contribution is -2.58. The fraction of sp³-hybridized carbons (Fsp3) is 0.375. The van der Waals surface area contributed by atoms with Gasteiger partial charge in [0, 0.05) is 77.4 Å². The summed E-state index contributed by atoms with van der Waals surface area (Å²) in [6.45, 7) is 7.70. The van der Waals surface area contributed by atoms with Crippen LogP contribution in [0, 0.1) is 23.5 Å². The SMILES string of the molecule is C=CC(=O)N1[C@H](C)CN(c2nc(=O)n3c4c(c(-c5cc(Cl)c(F)cc5F)c(C(F)(F)F)cc24)SC[C@H]([C@@H]2C=CN=CC2)C3)C[C@@H]1C. The number of amides is 1. The highest BCUT2D eigenvalue weighted by Crippen LogP contribution is 2.50. The summed E-state index contributed by atoms with van der Waals surface area (Å²) in [5.41, 5.74) is -2.69. The van der Waals surface area contributed by atoms with Gasteiger partial charge in [0.2, 0.25) is 5.91 Å². The normalized spacial score (nSPS) is 23.1. The fourth-order valence-corrected chi connectivity index (χ4v) is 8.37. The average molecular weight is 678 g/mol. The van der Waals surface area contributed by atoms with E-state index in [2.05, 4.69) is 16.6 Å². The maximum absolute atomic E-state index is 15.4. The highest BCUT2D eigenvalue weighted by atomic mass is 35.5. The molecule has 3 aliphatic rings. The van der Waals surface area contributed by atoms with Gasteiger partial charge < -0.3 is 9.80 Å². The summed E-state index contributed by atoms with van der Waals surface area (Å²) in [4.78, 5) is 38.3. The molecule has 0 bridgehead atoms. The molecule has 0 spiro atoms. The lowest BCUT2D eigenvalue weighted by Gasteiger charge is -2.44. The number of halogens is 6. The van der Waals surface area contributed by atoms with Crippen LogP contribution in [-0.4, -0.2) is 57.5 Å². The van der Waals surface area contributed by atoms with Gasteiger partial charge in [0.1, 0.15) is 17.5 Å². The Morgan fingerprint density at radius 2 is 1.83 bits per heavy atom. The predicted octanol–water partition coefficient (Wildman–Crippen LogP) is 6.95. The standard InChI is InChI=1S/C32H29ClF5N5O2S/c1-4-26(44)43-16(2)12-41(13-17(43)3)30-21-9-22(32(36,37)38)27(20-10-23(33)25(35)11-24(20)34)29-28(21)42(31(45)40-30)14-19(15-46-29)18-5-7-39-8-6-18/h4-5,7-11,16-19H,1,6,12-15H2,2-3H3/t16-,17+,18-,19-/m1/s1. The van der Waals surface area contributed by atoms with Gasteiger partial charge in [0.05, 0.1) is 16.1 Å². The van der Waals surface area contributed by atoms with Crippen molar-refractivity contribution in [1.29, 1.82) is 0 Å². The number of hydrogen-bond acceptors (Lipinski definition) is 6. The Morgan fingerprint density at radius 1 is 1.11 bits per heavy atom. The molecular formula is C32H29ClF5N5O2S. The summed E-state index contributed by atoms with van der Waals surface area (Å²) in [5.74, 6) is -2.52. The molecule has 4 heterocycles. The number of alkyl halides is 3. The number of benzene rings is 2. The Bertz CT molecular complexity index is 1860. The van der Waals surface area contributed by atoms with E-state index in [-0.39, 0.29) is 71.1 Å². The maximum Gasteiger partial charge on any atom is 0.417 e. The number of carbonyl (C=O) groups is 1. The predicted molar refractivity (Wildman–Crippen MR) is 169 cm³/mol. The van der Waals surface area contributed by atoms with Crippen molar-refractivity contribution in [2.75, 3.05) is 23.7 Å². The number of allylic oxidation sites excluding steroid dienone is 1. The number of hydrogen-bond donors (Lipinski definition) is 0. The molecule has 1 saturated heterocycles. The van der Waals surface area contributed by atoms with E-state index < -0.39 is 45.2 Å². The van der Waals surface area contributed by atoms with Crippen molar-refractivity contribution in [3.63, 3.8) is 0 Å². The van der Waals surface area contributed by atoms with Crippen molar-refractivity contribution in [2.24, 2.45) is 16.8 Å². The monoisotopic (exact) mass is 677 g/mol. The molecule has 0 aliphatic carbocycles. The molecule has 0 radical (unpaired) electrons. The van der Waals surface area contributed by atoms with Gasteiger partial charge in [-0.3, -0.25) is 14.4 Å². The number of anilines is 1. The van der Waals surface area contributed by atoms with Crippen LogP contribution in [0.3, 0.4) is 0 Å². The van der Waals surface area contributed by atoms with E-state index in [1.807, 2.05) is 6.08 Å². The molecule has 1 aromatic heterocycles. The van der Waals surface area contributed by atoms with Crippen molar-refractivity contribution in [1.82, 2.24) is 14.5 Å². The molecule has 1 fully saturated rings. The van der Waals surface area contributed by atoms with E-state index >= 15 is 17.6 Å². The highest BCUT2D eigenvalue weighted by Gasteiger charge is 2.41. The van der Waals surface area contributed by atoms with Crippen LogP contribution in [0.2, 0.25) is 5.02 Å². The molecule has 1 amide bonds. The molecule has 4 atom stereocenters. The molecule has 242 valence electrons. The van der Waals surface area contributed by atoms with E-state index in [1.54, 1.807) is 36.1 Å². The molecule has 3 aromatic rings. The van der Waals surface area contributed by atoms with Gasteiger partial charge in [-0.15, -0.1) is 11.8 Å². The van der Waals surface area contributed by atoms with Crippen LogP contribution in [0.4, 0.5) is 27.8 Å². The topological polar surface area (TPSA) is 70.8 Å². The van der Waals surface area contributed by atoms with Gasteiger partial charge in [-0.2, -0.15) is 18.2 Å². The van der Waals surface area contributed by atoms with Crippen molar-refractivity contribution in [2.45, 2.75) is 50.0 Å². The van der Waals surface area contributed by atoms with E-state index in [1.165, 1.54) is 10.6 Å². The Kier molecular flexibility index (Phi) is 8.51. The minimum atomic E-state index is -4.98. The maximum atomic E-state index is 15.4. The van der Waals surface area contributed by atoms with Crippen LogP contribution in [0.25, 0.3) is 22.0 Å². The third kappa shape index (κ3) is 5.61. The third-order valence-corrected chi connectivity index (χ3v) is 10.4. The number of aromatic nitrogens is 2. The molecule has 46 heavy (non-hydrogen) atoms. The van der Waals surface area contributed by atoms with Crippen molar-refractivity contribution in [3.8, 4) is 11.1 Å². The second kappa shape index (κ2) is 12.1. The lowest BCUT2D eigenvalue weighted by atomic mass is 9.90. The fourth-order valence-electron chi connectivity index (χ4n) is 6.75. The second-order valence-corrected chi connectivity index (χ2v) is 13.2. The zero-order valence-corrected chi connectivity index (χ0v) is 26.4. The van der Waals surface area contributed by atoms with E-state index in [0.29, 0.717) is 18.2 Å². The number of carbonyl (C=O) groups excluding carboxylic acids is 1. The van der Waals surface area contributed by atoms with Gasteiger partial charge in [-0.1, -0.05) is 24.3 Å². The van der Waals surface area contributed by atoms with E-state index in [4.69, 9.17) is 11.6 Å². The summed E-state index contributed by atoms with van der Waals surface area (Å²) in [6, 6.07) is 1.46. The Balaban J connectivity index is 1.64. The minimum Gasteiger partial charge on any atom is -0.352 e. The first kappa shape index (κ1) is 32.2. The Labute approximate surface area is 270 Å². The number of rotatable bonds is 4. The molecule has 7 nitrogen and oxygen atoms in total. The summed E-state index contributed by atoms with van der Waals surface area (Å²) in [5, 5.41) is -0.473. The number of nitrogens with zero attached hydrogens (tertiary/aromatic N) is 5. The van der Waals surface area contributed by atoms with Crippen LogP contribution < -0.4 is 10.6 Å². The smallest absolute Gasteiger partial charge is 0.352 e. The summed E-state index contributed by atoms with van der Waals surface area (Å²) >= 11 is 7.08. The van der Waals surface area contributed by atoms with Crippen molar-refractivity contribution >= 4 is 52.2 Å². The molecule has 6 rings (SSSR count). The van der Waals surface area contributed by atoms with Crippen LogP contribution in [0.5, 0.6) is 0 Å². The first-order valence-corrected chi connectivity index (χ1v) is 16.0. The van der Waals surface area contributed by atoms with Crippen molar-refractivity contribution < 1.29 is 26.7 Å². The van der Waals surface area contributed by atoms with Gasteiger partial charge in [0.25, 0.3) is 0 Å². The van der Waals surface area contributed by atoms with E-state index in [0.717, 1.165) is 23.9 Å². The summed E-state index contributed by atoms with van der Waals surface area (Å²) in [6.07, 6.45) is 2.11. The Morgan fingerprint density at radius 3 is 2.46 bits per heavy atom. The summed E-state index contributed by atoms with van der Waals surface area (Å²) < 4.78 is 76.1. The van der Waals surface area contributed by atoms with Gasteiger partial charge in [-0.05, 0) is 50.3 Å². The summed E-state index contributed by atoms with van der Waals surface area (Å²) in [7, 11) is 0. The average Bonchev–Trinajstić information content (AvgIpc) is 3.21. The molecule has 0 saturated carbocycles. The molecule has 2 aromatic carbocycles. The zero-order chi connectivity index (χ0) is 33.1. The van der Waals surface area contributed by atoms with Crippen LogP contribution in [0.15, 0.2) is 57.8 Å². The van der Waals surface area contributed by atoms with Gasteiger partial charge in [-0.25, -0.2) is 13.6 Å². The quantitative estimate of drug-likeness (QED) is 0.170. The molecule has 0 N–H and O–H groups in total. The van der Waals surface area contributed by atoms with Crippen LogP contribution in [-0.2, 0) is 17.5 Å². The molecular weight excluding hydrogens is 649 g/mol. The molecule has 0 unspecified atom stereocenters. The number of aliphatic imine (C=N–C) groups is 1.